The van der Waals surface area contributed by atoms with Gasteiger partial charge in [-0.25, -0.2) is 0 Å². The molecule has 2 aromatic carbocycles. The summed E-state index contributed by atoms with van der Waals surface area (Å²) in [5.41, 5.74) is 2.82. The van der Waals surface area contributed by atoms with Crippen LogP contribution in [0.4, 0.5) is 0 Å². The van der Waals surface area contributed by atoms with Gasteiger partial charge in [0.2, 0.25) is 0 Å². The largest absolute Gasteiger partial charge is 0.427 e. The Bertz CT molecular complexity index is 1110. The normalized spacial score (nSPS) is 17.9. The Hall–Kier alpha value is -2.90. The van der Waals surface area contributed by atoms with Crippen LogP contribution >= 0.6 is 11.6 Å². The molecule has 180 valence electrons. The number of carbonyl (C=O) groups is 3. The van der Waals surface area contributed by atoms with E-state index in [1.165, 1.54) is 33.6 Å². The highest BCUT2D eigenvalue weighted by atomic mass is 35.5. The number of fused-ring (bicyclic) bond motifs is 1. The van der Waals surface area contributed by atoms with E-state index in [-0.39, 0.29) is 23.4 Å². The van der Waals surface area contributed by atoms with Gasteiger partial charge in [0.05, 0.1) is 5.02 Å². The molecule has 0 spiro atoms. The molecular weight excluding hydrogens is 458 g/mol. The first-order valence-corrected chi connectivity index (χ1v) is 11.8. The second-order valence-electron chi connectivity index (χ2n) is 8.94. The van der Waals surface area contributed by atoms with Gasteiger partial charge in [-0.1, -0.05) is 23.7 Å². The fourth-order valence-electron chi connectivity index (χ4n) is 4.47. The van der Waals surface area contributed by atoms with E-state index in [9.17, 15) is 14.4 Å². The van der Waals surface area contributed by atoms with Crippen molar-refractivity contribution in [3.05, 3.63) is 52.0 Å². The van der Waals surface area contributed by atoms with E-state index in [1.807, 2.05) is 12.1 Å². The van der Waals surface area contributed by atoms with Gasteiger partial charge in [-0.3, -0.25) is 14.4 Å². The standard InChI is InChI=1S/C26H28ClNO6/c1-15(29)32-20-8-6-19(7-9-20)23-14-28(13-18-4-5-18)11-10-21-22(23)12-24(33-16(2)30)26(25(21)27)34-17(3)31/h6-9,12,18,23H,4-5,10-11,13-14H2,1-3H3. The van der Waals surface area contributed by atoms with Gasteiger partial charge < -0.3 is 19.1 Å². The lowest BCUT2D eigenvalue weighted by atomic mass is 9.87. The van der Waals surface area contributed by atoms with Crippen LogP contribution in [0.5, 0.6) is 17.2 Å². The molecule has 4 rings (SSSR count). The Kier molecular flexibility index (Phi) is 7.24. The van der Waals surface area contributed by atoms with E-state index in [4.69, 9.17) is 25.8 Å². The monoisotopic (exact) mass is 485 g/mol. The molecule has 0 saturated heterocycles. The van der Waals surface area contributed by atoms with Gasteiger partial charge >= 0.3 is 17.9 Å². The average Bonchev–Trinajstić information content (AvgIpc) is 3.58. The summed E-state index contributed by atoms with van der Waals surface area (Å²) in [6.07, 6.45) is 3.18. The minimum Gasteiger partial charge on any atom is -0.427 e. The maximum absolute atomic E-state index is 11.8. The Morgan fingerprint density at radius 1 is 0.971 bits per heavy atom. The summed E-state index contributed by atoms with van der Waals surface area (Å²) < 4.78 is 16.0. The predicted molar refractivity (Wildman–Crippen MR) is 127 cm³/mol. The lowest BCUT2D eigenvalue weighted by Gasteiger charge is -2.26. The lowest BCUT2D eigenvalue weighted by Crippen LogP contribution is -2.30. The number of ether oxygens (including phenoxy) is 3. The van der Waals surface area contributed by atoms with Crippen molar-refractivity contribution in [2.75, 3.05) is 19.6 Å². The van der Waals surface area contributed by atoms with E-state index in [2.05, 4.69) is 4.90 Å². The van der Waals surface area contributed by atoms with Crippen molar-refractivity contribution in [2.24, 2.45) is 5.92 Å². The Morgan fingerprint density at radius 2 is 1.62 bits per heavy atom. The first-order chi connectivity index (χ1) is 16.2. The number of rotatable bonds is 6. The summed E-state index contributed by atoms with van der Waals surface area (Å²) in [5.74, 6) is -0.126. The van der Waals surface area contributed by atoms with Gasteiger partial charge in [0.1, 0.15) is 5.75 Å². The fraction of sp³-hybridized carbons (Fsp3) is 0.423. The minimum absolute atomic E-state index is 0.0687. The van der Waals surface area contributed by atoms with Crippen LogP contribution < -0.4 is 14.2 Å². The molecule has 0 amide bonds. The molecule has 8 heteroatoms. The molecule has 2 aliphatic rings. The highest BCUT2D eigenvalue weighted by molar-refractivity contribution is 6.33. The topological polar surface area (TPSA) is 82.1 Å². The molecule has 0 aromatic heterocycles. The van der Waals surface area contributed by atoms with Crippen LogP contribution in [0.15, 0.2) is 30.3 Å². The molecule has 0 bridgehead atoms. The van der Waals surface area contributed by atoms with Gasteiger partial charge in [-0.05, 0) is 60.1 Å². The molecule has 0 N–H and O–H groups in total. The summed E-state index contributed by atoms with van der Waals surface area (Å²) >= 11 is 6.79. The average molecular weight is 486 g/mol. The highest BCUT2D eigenvalue weighted by Crippen LogP contribution is 2.45. The molecule has 0 radical (unpaired) electrons. The summed E-state index contributed by atoms with van der Waals surface area (Å²) in [6, 6.07) is 9.19. The van der Waals surface area contributed by atoms with E-state index in [1.54, 1.807) is 18.2 Å². The van der Waals surface area contributed by atoms with Crippen molar-refractivity contribution in [3.8, 4) is 17.2 Å². The first kappa shape index (κ1) is 24.2. The maximum Gasteiger partial charge on any atom is 0.308 e. The highest BCUT2D eigenvalue weighted by Gasteiger charge is 2.32. The van der Waals surface area contributed by atoms with E-state index < -0.39 is 11.9 Å². The molecule has 1 heterocycles. The molecular formula is C26H28ClNO6. The third-order valence-corrected chi connectivity index (χ3v) is 6.47. The van der Waals surface area contributed by atoms with Crippen LogP contribution in [0.25, 0.3) is 0 Å². The van der Waals surface area contributed by atoms with Gasteiger partial charge in [-0.15, -0.1) is 0 Å². The zero-order valence-corrected chi connectivity index (χ0v) is 20.3. The molecule has 1 aliphatic carbocycles. The maximum atomic E-state index is 11.8. The smallest absolute Gasteiger partial charge is 0.308 e. The summed E-state index contributed by atoms with van der Waals surface area (Å²) in [6.45, 7) is 6.53. The van der Waals surface area contributed by atoms with Crippen LogP contribution in [-0.4, -0.2) is 42.4 Å². The molecule has 7 nitrogen and oxygen atoms in total. The number of benzene rings is 2. The van der Waals surface area contributed by atoms with Gasteiger partial charge in [0, 0.05) is 46.3 Å². The predicted octanol–water partition coefficient (Wildman–Crippen LogP) is 4.52. The second-order valence-corrected chi connectivity index (χ2v) is 9.32. The zero-order chi connectivity index (χ0) is 24.4. The minimum atomic E-state index is -0.545. The summed E-state index contributed by atoms with van der Waals surface area (Å²) in [5, 5.41) is 0.291. The van der Waals surface area contributed by atoms with Crippen molar-refractivity contribution in [2.45, 2.75) is 46.0 Å². The van der Waals surface area contributed by atoms with E-state index in [0.29, 0.717) is 17.2 Å². The number of hydrogen-bond acceptors (Lipinski definition) is 7. The molecule has 1 atom stereocenters. The number of carbonyl (C=O) groups excluding carboxylic acids is 3. The fourth-order valence-corrected chi connectivity index (χ4v) is 4.80. The van der Waals surface area contributed by atoms with Crippen LogP contribution in [0.2, 0.25) is 5.02 Å². The molecule has 2 aromatic rings. The molecule has 1 saturated carbocycles. The van der Waals surface area contributed by atoms with Crippen LogP contribution in [0.3, 0.4) is 0 Å². The van der Waals surface area contributed by atoms with Gasteiger partial charge in [-0.2, -0.15) is 0 Å². The van der Waals surface area contributed by atoms with Crippen molar-refractivity contribution < 1.29 is 28.6 Å². The second kappa shape index (κ2) is 10.2. The number of hydrogen-bond donors (Lipinski definition) is 0. The van der Waals surface area contributed by atoms with Gasteiger partial charge in [0.25, 0.3) is 0 Å². The van der Waals surface area contributed by atoms with Crippen molar-refractivity contribution in [3.63, 3.8) is 0 Å². The number of nitrogens with zero attached hydrogens (tertiary/aromatic N) is 1. The third kappa shape index (κ3) is 5.77. The quantitative estimate of drug-likeness (QED) is 0.439. The van der Waals surface area contributed by atoms with Crippen molar-refractivity contribution >= 4 is 29.5 Å². The SMILES string of the molecule is CC(=O)Oc1ccc(C2CN(CC3CC3)CCc3c2cc(OC(C)=O)c(OC(C)=O)c3Cl)cc1. The lowest BCUT2D eigenvalue weighted by molar-refractivity contribution is -0.134. The Labute approximate surface area is 203 Å². The summed E-state index contributed by atoms with van der Waals surface area (Å²) in [7, 11) is 0. The number of esters is 3. The van der Waals surface area contributed by atoms with Crippen LogP contribution in [0.1, 0.15) is 56.2 Å². The third-order valence-electron chi connectivity index (χ3n) is 6.07. The summed E-state index contributed by atoms with van der Waals surface area (Å²) in [4.78, 5) is 37.3. The Morgan fingerprint density at radius 3 is 2.21 bits per heavy atom. The first-order valence-electron chi connectivity index (χ1n) is 11.4. The van der Waals surface area contributed by atoms with Crippen molar-refractivity contribution in [1.29, 1.82) is 0 Å². The number of halogens is 1. The van der Waals surface area contributed by atoms with Crippen LogP contribution in [-0.2, 0) is 20.8 Å². The van der Waals surface area contributed by atoms with Crippen molar-refractivity contribution in [1.82, 2.24) is 4.90 Å². The van der Waals surface area contributed by atoms with E-state index in [0.717, 1.165) is 42.2 Å². The van der Waals surface area contributed by atoms with Crippen LogP contribution in [0, 0.1) is 5.92 Å². The van der Waals surface area contributed by atoms with E-state index >= 15 is 0 Å². The van der Waals surface area contributed by atoms with Gasteiger partial charge in [0.15, 0.2) is 11.5 Å². The molecule has 34 heavy (non-hydrogen) atoms. The molecule has 1 fully saturated rings. The molecule has 1 aliphatic heterocycles. The Balaban J connectivity index is 1.80. The molecule has 1 unspecified atom stereocenters. The zero-order valence-electron chi connectivity index (χ0n) is 19.6.